The standard InChI is InChI=1S/C13H13BrFN3O2S/c1-8-4-9(2-3-11(8)15)6-18-21(19,20)12-5-10(14)7-17-13(12)16/h2-5,7,18H,6H2,1H3,(H2,16,17). The van der Waals surface area contributed by atoms with Crippen LogP contribution < -0.4 is 10.5 Å². The third-order valence-electron chi connectivity index (χ3n) is 2.83. The Bertz CT molecular complexity index is 781. The summed E-state index contributed by atoms with van der Waals surface area (Å²) >= 11 is 3.15. The van der Waals surface area contributed by atoms with E-state index in [2.05, 4.69) is 25.6 Å². The van der Waals surface area contributed by atoms with Crippen molar-refractivity contribution in [3.63, 3.8) is 0 Å². The fraction of sp³-hybridized carbons (Fsp3) is 0.154. The molecule has 0 saturated carbocycles. The van der Waals surface area contributed by atoms with Crippen LogP contribution in [0.5, 0.6) is 0 Å². The molecular weight excluding hydrogens is 361 g/mol. The fourth-order valence-electron chi connectivity index (χ4n) is 1.72. The number of nitrogens with two attached hydrogens (primary N) is 1. The van der Waals surface area contributed by atoms with Crippen molar-refractivity contribution in [2.45, 2.75) is 18.4 Å². The van der Waals surface area contributed by atoms with Crippen LogP contribution >= 0.6 is 15.9 Å². The van der Waals surface area contributed by atoms with Gasteiger partial charge in [0.15, 0.2) is 0 Å². The largest absolute Gasteiger partial charge is 0.383 e. The highest BCUT2D eigenvalue weighted by Gasteiger charge is 2.18. The van der Waals surface area contributed by atoms with Crippen LogP contribution in [-0.2, 0) is 16.6 Å². The van der Waals surface area contributed by atoms with Crippen molar-refractivity contribution in [1.82, 2.24) is 9.71 Å². The average molecular weight is 374 g/mol. The van der Waals surface area contributed by atoms with Gasteiger partial charge in [0.25, 0.3) is 0 Å². The van der Waals surface area contributed by atoms with Crippen LogP contribution in [0.3, 0.4) is 0 Å². The lowest BCUT2D eigenvalue weighted by Crippen LogP contribution is -2.24. The van der Waals surface area contributed by atoms with Crippen molar-refractivity contribution < 1.29 is 12.8 Å². The first-order chi connectivity index (χ1) is 9.79. The molecule has 0 radical (unpaired) electrons. The van der Waals surface area contributed by atoms with Gasteiger partial charge in [0.1, 0.15) is 16.5 Å². The van der Waals surface area contributed by atoms with Crippen LogP contribution in [0.4, 0.5) is 10.2 Å². The number of halogens is 2. The molecule has 0 aliphatic carbocycles. The van der Waals surface area contributed by atoms with E-state index in [4.69, 9.17) is 5.73 Å². The molecule has 5 nitrogen and oxygen atoms in total. The molecule has 0 atom stereocenters. The number of anilines is 1. The minimum Gasteiger partial charge on any atom is -0.383 e. The number of sulfonamides is 1. The Morgan fingerprint density at radius 2 is 2.10 bits per heavy atom. The monoisotopic (exact) mass is 373 g/mol. The number of hydrogen-bond donors (Lipinski definition) is 2. The number of aromatic nitrogens is 1. The Balaban J connectivity index is 2.21. The van der Waals surface area contributed by atoms with Crippen LogP contribution in [-0.4, -0.2) is 13.4 Å². The Kier molecular flexibility index (Phi) is 4.60. The maximum absolute atomic E-state index is 13.2. The molecule has 1 aromatic carbocycles. The highest BCUT2D eigenvalue weighted by Crippen LogP contribution is 2.20. The summed E-state index contributed by atoms with van der Waals surface area (Å²) < 4.78 is 40.5. The van der Waals surface area contributed by atoms with Crippen molar-refractivity contribution in [2.75, 3.05) is 5.73 Å². The predicted octanol–water partition coefficient (Wildman–Crippen LogP) is 2.35. The van der Waals surface area contributed by atoms with Crippen molar-refractivity contribution in [3.8, 4) is 0 Å². The summed E-state index contributed by atoms with van der Waals surface area (Å²) in [6.45, 7) is 1.65. The van der Waals surface area contributed by atoms with Gasteiger partial charge in [0.05, 0.1) is 0 Å². The third kappa shape index (κ3) is 3.78. The van der Waals surface area contributed by atoms with Gasteiger partial charge < -0.3 is 5.73 Å². The van der Waals surface area contributed by atoms with E-state index in [1.807, 2.05) is 0 Å². The molecule has 0 bridgehead atoms. The molecule has 0 amide bonds. The van der Waals surface area contributed by atoms with E-state index in [1.165, 1.54) is 24.4 Å². The molecule has 2 aromatic rings. The number of aryl methyl sites for hydroxylation is 1. The van der Waals surface area contributed by atoms with Crippen molar-refractivity contribution >= 4 is 31.8 Å². The molecule has 1 aromatic heterocycles. The quantitative estimate of drug-likeness (QED) is 0.861. The maximum atomic E-state index is 13.2. The summed E-state index contributed by atoms with van der Waals surface area (Å²) in [5, 5.41) is 0. The summed E-state index contributed by atoms with van der Waals surface area (Å²) in [7, 11) is -3.80. The molecule has 112 valence electrons. The highest BCUT2D eigenvalue weighted by atomic mass is 79.9. The van der Waals surface area contributed by atoms with Gasteiger partial charge in [-0.3, -0.25) is 0 Å². The topological polar surface area (TPSA) is 85.1 Å². The summed E-state index contributed by atoms with van der Waals surface area (Å²) in [4.78, 5) is 3.69. The lowest BCUT2D eigenvalue weighted by Gasteiger charge is -2.09. The zero-order chi connectivity index (χ0) is 15.6. The third-order valence-corrected chi connectivity index (χ3v) is 4.69. The lowest BCUT2D eigenvalue weighted by atomic mass is 10.1. The van der Waals surface area contributed by atoms with Gasteiger partial charge in [-0.05, 0) is 46.1 Å². The molecule has 8 heteroatoms. The summed E-state index contributed by atoms with van der Waals surface area (Å²) in [6, 6.07) is 5.78. The van der Waals surface area contributed by atoms with Gasteiger partial charge in [-0.25, -0.2) is 22.5 Å². The van der Waals surface area contributed by atoms with E-state index in [1.54, 1.807) is 13.0 Å². The molecule has 2 rings (SSSR count). The van der Waals surface area contributed by atoms with Crippen LogP contribution in [0.1, 0.15) is 11.1 Å². The zero-order valence-corrected chi connectivity index (χ0v) is 13.5. The maximum Gasteiger partial charge on any atom is 0.244 e. The van der Waals surface area contributed by atoms with Crippen LogP contribution in [0.25, 0.3) is 0 Å². The van der Waals surface area contributed by atoms with Gasteiger partial charge in [-0.1, -0.05) is 12.1 Å². The molecule has 1 heterocycles. The summed E-state index contributed by atoms with van der Waals surface area (Å²) in [6.07, 6.45) is 1.41. The zero-order valence-electron chi connectivity index (χ0n) is 11.1. The van der Waals surface area contributed by atoms with Gasteiger partial charge >= 0.3 is 0 Å². The first-order valence-electron chi connectivity index (χ1n) is 5.95. The molecule has 0 saturated heterocycles. The van der Waals surface area contributed by atoms with Crippen LogP contribution in [0, 0.1) is 12.7 Å². The van der Waals surface area contributed by atoms with E-state index in [0.717, 1.165) is 0 Å². The van der Waals surface area contributed by atoms with Crippen molar-refractivity contribution in [3.05, 3.63) is 51.9 Å². The molecule has 0 fully saturated rings. The molecule has 21 heavy (non-hydrogen) atoms. The Morgan fingerprint density at radius 1 is 1.38 bits per heavy atom. The van der Waals surface area contributed by atoms with E-state index >= 15 is 0 Å². The molecule has 0 unspecified atom stereocenters. The number of nitrogens with zero attached hydrogens (tertiary/aromatic N) is 1. The van der Waals surface area contributed by atoms with Crippen molar-refractivity contribution in [1.29, 1.82) is 0 Å². The van der Waals surface area contributed by atoms with E-state index in [-0.39, 0.29) is 23.1 Å². The van der Waals surface area contributed by atoms with E-state index < -0.39 is 10.0 Å². The Hall–Kier alpha value is -1.51. The van der Waals surface area contributed by atoms with Gasteiger partial charge in [0.2, 0.25) is 10.0 Å². The number of nitrogens with one attached hydrogen (secondary N) is 1. The number of benzene rings is 1. The molecule has 3 N–H and O–H groups in total. The average Bonchev–Trinajstić information content (AvgIpc) is 2.43. The van der Waals surface area contributed by atoms with Crippen LogP contribution in [0.15, 0.2) is 39.8 Å². The minimum absolute atomic E-state index is 0.0371. The predicted molar refractivity (Wildman–Crippen MR) is 81.5 cm³/mol. The Labute approximate surface area is 130 Å². The fourth-order valence-corrected chi connectivity index (χ4v) is 3.32. The summed E-state index contributed by atoms with van der Waals surface area (Å²) in [5.41, 5.74) is 6.69. The molecule has 0 spiro atoms. The molecule has 0 aliphatic heterocycles. The van der Waals surface area contributed by atoms with Gasteiger partial charge in [-0.2, -0.15) is 0 Å². The first kappa shape index (κ1) is 15.9. The number of hydrogen-bond acceptors (Lipinski definition) is 4. The highest BCUT2D eigenvalue weighted by molar-refractivity contribution is 9.10. The lowest BCUT2D eigenvalue weighted by molar-refractivity contribution is 0.581. The number of pyridine rings is 1. The number of rotatable bonds is 4. The van der Waals surface area contributed by atoms with Crippen LogP contribution in [0.2, 0.25) is 0 Å². The molecule has 0 aliphatic rings. The van der Waals surface area contributed by atoms with E-state index in [0.29, 0.717) is 15.6 Å². The van der Waals surface area contributed by atoms with Gasteiger partial charge in [-0.15, -0.1) is 0 Å². The number of nitrogen functional groups attached to an aromatic ring is 1. The second-order valence-corrected chi connectivity index (χ2v) is 7.10. The summed E-state index contributed by atoms with van der Waals surface area (Å²) in [5.74, 6) is -0.414. The minimum atomic E-state index is -3.80. The normalized spacial score (nSPS) is 11.6. The first-order valence-corrected chi connectivity index (χ1v) is 8.23. The smallest absolute Gasteiger partial charge is 0.244 e. The van der Waals surface area contributed by atoms with E-state index in [9.17, 15) is 12.8 Å². The Morgan fingerprint density at radius 3 is 2.76 bits per heavy atom. The SMILES string of the molecule is Cc1cc(CNS(=O)(=O)c2cc(Br)cnc2N)ccc1F. The molecular formula is C13H13BrFN3O2S. The second-order valence-electron chi connectivity index (χ2n) is 4.44. The van der Waals surface area contributed by atoms with Crippen molar-refractivity contribution in [2.24, 2.45) is 0 Å². The second kappa shape index (κ2) is 6.08. The van der Waals surface area contributed by atoms with Gasteiger partial charge in [0, 0.05) is 17.2 Å².